The number of carbonyl (C=O) groups is 1. The van der Waals surface area contributed by atoms with Crippen molar-refractivity contribution in [2.75, 3.05) is 33.2 Å². The maximum absolute atomic E-state index is 12.5. The summed E-state index contributed by atoms with van der Waals surface area (Å²) >= 11 is 0. The Morgan fingerprint density at radius 3 is 2.68 bits per heavy atom. The fraction of sp³-hybridized carbons (Fsp3) is 0.500. The van der Waals surface area contributed by atoms with Crippen molar-refractivity contribution in [2.45, 2.75) is 25.8 Å². The topological polar surface area (TPSA) is 78.4 Å². The van der Waals surface area contributed by atoms with Gasteiger partial charge in [-0.3, -0.25) is 19.1 Å². The molecule has 1 amide bonds. The molecule has 7 heteroatoms. The number of aromatic nitrogens is 2. The minimum atomic E-state index is -0.553. The average molecular weight is 344 g/mol. The van der Waals surface area contributed by atoms with E-state index in [-0.39, 0.29) is 12.5 Å². The molecule has 1 aromatic heterocycles. The third-order valence-corrected chi connectivity index (χ3v) is 4.79. The van der Waals surface area contributed by atoms with Crippen molar-refractivity contribution in [2.24, 2.45) is 0 Å². The Morgan fingerprint density at radius 2 is 1.92 bits per heavy atom. The molecule has 2 heterocycles. The number of nitrogens with one attached hydrogen (secondary N) is 1. The van der Waals surface area contributed by atoms with Crippen LogP contribution >= 0.6 is 0 Å². The molecule has 0 atom stereocenters. The summed E-state index contributed by atoms with van der Waals surface area (Å²) in [5.74, 6) is -0.138. The Labute approximate surface area is 145 Å². The Balaban J connectivity index is 1.67. The predicted octanol–water partition coefficient (Wildman–Crippen LogP) is 0.634. The lowest BCUT2D eigenvalue weighted by molar-refractivity contribution is -0.130. The van der Waals surface area contributed by atoms with Crippen LogP contribution < -0.4 is 11.2 Å². The second-order valence-electron chi connectivity index (χ2n) is 6.58. The molecule has 1 saturated heterocycles. The van der Waals surface area contributed by atoms with E-state index in [1.807, 2.05) is 0 Å². The molecule has 1 aromatic carbocycles. The van der Waals surface area contributed by atoms with E-state index in [0.29, 0.717) is 17.4 Å². The van der Waals surface area contributed by atoms with Crippen LogP contribution in [0.2, 0.25) is 0 Å². The number of H-pyrrole nitrogens is 1. The number of hydrogen-bond donors (Lipinski definition) is 1. The van der Waals surface area contributed by atoms with Crippen LogP contribution in [0.4, 0.5) is 0 Å². The normalized spacial score (nSPS) is 14.9. The fourth-order valence-corrected chi connectivity index (χ4v) is 3.32. The summed E-state index contributed by atoms with van der Waals surface area (Å²) in [5.41, 5.74) is -0.499. The summed E-state index contributed by atoms with van der Waals surface area (Å²) < 4.78 is 1.33. The fourth-order valence-electron chi connectivity index (χ4n) is 3.32. The number of hydrogen-bond acceptors (Lipinski definition) is 4. The lowest BCUT2D eigenvalue weighted by atomic mass is 10.2. The van der Waals surface area contributed by atoms with Gasteiger partial charge in [-0.05, 0) is 51.0 Å². The summed E-state index contributed by atoms with van der Waals surface area (Å²) in [6, 6.07) is 6.82. The van der Waals surface area contributed by atoms with Crippen molar-refractivity contribution >= 4 is 16.8 Å². The van der Waals surface area contributed by atoms with Crippen LogP contribution in [0.15, 0.2) is 33.9 Å². The van der Waals surface area contributed by atoms with Crippen LogP contribution in [0, 0.1) is 0 Å². The van der Waals surface area contributed by atoms with E-state index in [9.17, 15) is 14.4 Å². The summed E-state index contributed by atoms with van der Waals surface area (Å²) in [5, 5.41) is 0.409. The standard InChI is InChI=1S/C18H24N4O3/c1-20(9-6-12-21-10-4-5-11-21)16(23)13-22-15-8-3-2-7-14(15)17(24)19-18(22)25/h2-3,7-8H,4-6,9-13H2,1H3,(H,19,24,25). The molecule has 0 radical (unpaired) electrons. The van der Waals surface area contributed by atoms with Gasteiger partial charge < -0.3 is 9.80 Å². The zero-order valence-corrected chi connectivity index (χ0v) is 14.5. The van der Waals surface area contributed by atoms with E-state index < -0.39 is 11.2 Å². The van der Waals surface area contributed by atoms with Crippen LogP contribution in [0.5, 0.6) is 0 Å². The summed E-state index contributed by atoms with van der Waals surface area (Å²) in [6.45, 7) is 3.88. The number of benzene rings is 1. The van der Waals surface area contributed by atoms with Crippen LogP contribution in [0.3, 0.4) is 0 Å². The van der Waals surface area contributed by atoms with Crippen molar-refractivity contribution in [3.05, 3.63) is 45.1 Å². The van der Waals surface area contributed by atoms with E-state index in [0.717, 1.165) is 26.1 Å². The van der Waals surface area contributed by atoms with E-state index in [1.165, 1.54) is 17.4 Å². The van der Waals surface area contributed by atoms with Gasteiger partial charge in [0.15, 0.2) is 0 Å². The van der Waals surface area contributed by atoms with Crippen molar-refractivity contribution in [3.8, 4) is 0 Å². The highest BCUT2D eigenvalue weighted by atomic mass is 16.2. The summed E-state index contributed by atoms with van der Waals surface area (Å²) in [6.07, 6.45) is 3.44. The van der Waals surface area contributed by atoms with Crippen LogP contribution in [0.1, 0.15) is 19.3 Å². The molecular weight excluding hydrogens is 320 g/mol. The molecule has 2 aromatic rings. The van der Waals surface area contributed by atoms with Gasteiger partial charge in [0.05, 0.1) is 10.9 Å². The van der Waals surface area contributed by atoms with Gasteiger partial charge in [0.25, 0.3) is 5.56 Å². The van der Waals surface area contributed by atoms with Gasteiger partial charge in [-0.1, -0.05) is 12.1 Å². The number of aromatic amines is 1. The number of carbonyl (C=O) groups excluding carboxylic acids is 1. The van der Waals surface area contributed by atoms with Gasteiger partial charge in [0.1, 0.15) is 6.54 Å². The summed E-state index contributed by atoms with van der Waals surface area (Å²) in [7, 11) is 1.76. The molecule has 3 rings (SSSR count). The monoisotopic (exact) mass is 344 g/mol. The largest absolute Gasteiger partial charge is 0.344 e. The summed E-state index contributed by atoms with van der Waals surface area (Å²) in [4.78, 5) is 42.8. The molecule has 1 N–H and O–H groups in total. The number of nitrogens with zero attached hydrogens (tertiary/aromatic N) is 3. The molecular formula is C18H24N4O3. The predicted molar refractivity (Wildman–Crippen MR) is 96.8 cm³/mol. The van der Waals surface area contributed by atoms with Gasteiger partial charge in [-0.15, -0.1) is 0 Å². The first-order valence-corrected chi connectivity index (χ1v) is 8.74. The van der Waals surface area contributed by atoms with Crippen molar-refractivity contribution in [1.82, 2.24) is 19.4 Å². The molecule has 1 aliphatic rings. The number of likely N-dealkylation sites (tertiary alicyclic amines) is 1. The zero-order chi connectivity index (χ0) is 17.8. The van der Waals surface area contributed by atoms with Crippen LogP contribution in [-0.4, -0.2) is 58.5 Å². The quantitative estimate of drug-likeness (QED) is 0.834. The van der Waals surface area contributed by atoms with Crippen molar-refractivity contribution < 1.29 is 4.79 Å². The Hall–Kier alpha value is -2.41. The van der Waals surface area contributed by atoms with Gasteiger partial charge >= 0.3 is 5.69 Å². The molecule has 0 saturated carbocycles. The van der Waals surface area contributed by atoms with Gasteiger partial charge in [-0.25, -0.2) is 4.79 Å². The minimum Gasteiger partial charge on any atom is -0.344 e. The maximum atomic E-state index is 12.5. The Bertz CT molecular complexity index is 864. The van der Waals surface area contributed by atoms with Crippen LogP contribution in [0.25, 0.3) is 10.9 Å². The molecule has 134 valence electrons. The maximum Gasteiger partial charge on any atom is 0.329 e. The number of likely N-dealkylation sites (N-methyl/N-ethyl adjacent to an activating group) is 1. The number of amides is 1. The zero-order valence-electron chi connectivity index (χ0n) is 14.5. The van der Waals surface area contributed by atoms with Gasteiger partial charge in [0, 0.05) is 13.6 Å². The molecule has 0 bridgehead atoms. The second-order valence-corrected chi connectivity index (χ2v) is 6.58. The first-order valence-electron chi connectivity index (χ1n) is 8.74. The molecule has 0 aliphatic carbocycles. The Morgan fingerprint density at radius 1 is 1.20 bits per heavy atom. The molecule has 25 heavy (non-hydrogen) atoms. The Kier molecular flexibility index (Phi) is 5.33. The first kappa shape index (κ1) is 17.4. The average Bonchev–Trinajstić information content (AvgIpc) is 3.11. The smallest absolute Gasteiger partial charge is 0.329 e. The van der Waals surface area contributed by atoms with Crippen molar-refractivity contribution in [1.29, 1.82) is 0 Å². The van der Waals surface area contributed by atoms with Crippen molar-refractivity contribution in [3.63, 3.8) is 0 Å². The second kappa shape index (κ2) is 7.65. The number of rotatable bonds is 6. The lowest BCUT2D eigenvalue weighted by Gasteiger charge is -2.20. The van der Waals surface area contributed by atoms with Gasteiger partial charge in [0.2, 0.25) is 5.91 Å². The molecule has 0 spiro atoms. The SMILES string of the molecule is CN(CCCN1CCCC1)C(=O)Cn1c(=O)[nH]c(=O)c2ccccc21. The lowest BCUT2D eigenvalue weighted by Crippen LogP contribution is -2.38. The highest BCUT2D eigenvalue weighted by Gasteiger charge is 2.15. The van der Waals surface area contributed by atoms with Crippen LogP contribution in [-0.2, 0) is 11.3 Å². The molecule has 7 nitrogen and oxygen atoms in total. The van der Waals surface area contributed by atoms with E-state index in [2.05, 4.69) is 9.88 Å². The number of fused-ring (bicyclic) bond motifs is 1. The number of para-hydroxylation sites is 1. The molecule has 0 unspecified atom stereocenters. The molecule has 1 fully saturated rings. The van der Waals surface area contributed by atoms with E-state index in [4.69, 9.17) is 0 Å². The first-order chi connectivity index (χ1) is 12.1. The molecule has 1 aliphatic heterocycles. The minimum absolute atomic E-state index is 0.0731. The van der Waals surface area contributed by atoms with Gasteiger partial charge in [-0.2, -0.15) is 0 Å². The highest BCUT2D eigenvalue weighted by Crippen LogP contribution is 2.09. The highest BCUT2D eigenvalue weighted by molar-refractivity contribution is 5.81. The van der Waals surface area contributed by atoms with E-state index in [1.54, 1.807) is 36.2 Å². The third kappa shape index (κ3) is 3.99. The third-order valence-electron chi connectivity index (χ3n) is 4.79. The van der Waals surface area contributed by atoms with E-state index >= 15 is 0 Å².